The van der Waals surface area contributed by atoms with Crippen LogP contribution in [0.3, 0.4) is 0 Å². The third-order valence-electron chi connectivity index (χ3n) is 5.32. The van der Waals surface area contributed by atoms with E-state index in [0.29, 0.717) is 5.56 Å². The van der Waals surface area contributed by atoms with E-state index in [4.69, 9.17) is 10.8 Å². The van der Waals surface area contributed by atoms with Crippen LogP contribution in [-0.4, -0.2) is 76.8 Å². The number of phenolic OH excluding ortho intramolecular Hbond substituents is 1. The van der Waals surface area contributed by atoms with Gasteiger partial charge in [0, 0.05) is 12.2 Å². The lowest BCUT2D eigenvalue weighted by molar-refractivity contribution is -0.138. The third kappa shape index (κ3) is 10.5. The number of nitrogens with one attached hydrogen (secondary N) is 4. The summed E-state index contributed by atoms with van der Waals surface area (Å²) in [5, 5.41) is 27.6. The Morgan fingerprint density at radius 3 is 1.97 bits per heavy atom. The van der Waals surface area contributed by atoms with E-state index >= 15 is 0 Å². The molecular weight excluding hydrogens is 514 g/mol. The maximum absolute atomic E-state index is 13.0. The van der Waals surface area contributed by atoms with Gasteiger partial charge < -0.3 is 37.2 Å². The van der Waals surface area contributed by atoms with Gasteiger partial charge in [0.1, 0.15) is 24.4 Å². The van der Waals surface area contributed by atoms with Crippen LogP contribution in [0.5, 0.6) is 5.75 Å². The Bertz CT molecular complexity index is 1110. The minimum atomic E-state index is -1.23. The minimum Gasteiger partial charge on any atom is -0.508 e. The van der Waals surface area contributed by atoms with Crippen LogP contribution in [0.1, 0.15) is 11.1 Å². The molecular formula is C25H31N5O7S. The molecule has 2 aromatic rings. The van der Waals surface area contributed by atoms with Gasteiger partial charge in [-0.25, -0.2) is 0 Å². The number of nitrogens with two attached hydrogens (primary N) is 1. The van der Waals surface area contributed by atoms with Crippen LogP contribution in [0.4, 0.5) is 0 Å². The number of benzene rings is 2. The Morgan fingerprint density at radius 1 is 0.763 bits per heavy atom. The van der Waals surface area contributed by atoms with Crippen LogP contribution < -0.4 is 27.0 Å². The Balaban J connectivity index is 2.03. The Morgan fingerprint density at radius 2 is 1.37 bits per heavy atom. The fraction of sp³-hybridized carbons (Fsp3) is 0.320. The number of rotatable bonds is 14. The minimum absolute atomic E-state index is 0.0774. The van der Waals surface area contributed by atoms with Crippen molar-refractivity contribution in [2.24, 2.45) is 5.73 Å². The predicted octanol–water partition coefficient (Wildman–Crippen LogP) is -1.28. The van der Waals surface area contributed by atoms with Gasteiger partial charge in [0.2, 0.25) is 23.6 Å². The van der Waals surface area contributed by atoms with Crippen LogP contribution in [0, 0.1) is 0 Å². The quantitative estimate of drug-likeness (QED) is 0.134. The number of hydrogen-bond acceptors (Lipinski definition) is 8. The highest BCUT2D eigenvalue weighted by Gasteiger charge is 2.28. The molecule has 38 heavy (non-hydrogen) atoms. The summed E-state index contributed by atoms with van der Waals surface area (Å²) in [6.07, 6.45) is 0.249. The van der Waals surface area contributed by atoms with Crippen molar-refractivity contribution in [3.05, 3.63) is 65.7 Å². The lowest BCUT2D eigenvalue weighted by Crippen LogP contribution is -2.57. The zero-order chi connectivity index (χ0) is 28.1. The molecule has 0 heterocycles. The zero-order valence-corrected chi connectivity index (χ0v) is 21.3. The number of aromatic hydroxyl groups is 1. The van der Waals surface area contributed by atoms with Crippen molar-refractivity contribution in [2.75, 3.05) is 18.8 Å². The number of carboxylic acid groups (broad SMARTS) is 1. The highest BCUT2D eigenvalue weighted by Crippen LogP contribution is 2.11. The molecule has 0 saturated heterocycles. The molecule has 0 bridgehead atoms. The molecule has 0 saturated carbocycles. The van der Waals surface area contributed by atoms with Crippen molar-refractivity contribution in [3.8, 4) is 5.75 Å². The van der Waals surface area contributed by atoms with Gasteiger partial charge in [0.25, 0.3) is 0 Å². The predicted molar refractivity (Wildman–Crippen MR) is 141 cm³/mol. The van der Waals surface area contributed by atoms with Gasteiger partial charge in [-0.2, -0.15) is 12.6 Å². The summed E-state index contributed by atoms with van der Waals surface area (Å²) in [5.41, 5.74) is 7.42. The Kier molecular flexibility index (Phi) is 12.1. The van der Waals surface area contributed by atoms with Gasteiger partial charge in [-0.3, -0.25) is 24.0 Å². The topological polar surface area (TPSA) is 200 Å². The molecule has 8 N–H and O–H groups in total. The molecule has 13 heteroatoms. The van der Waals surface area contributed by atoms with E-state index in [1.807, 2.05) is 0 Å². The lowest BCUT2D eigenvalue weighted by Gasteiger charge is -2.23. The van der Waals surface area contributed by atoms with Gasteiger partial charge in [-0.1, -0.05) is 42.5 Å². The molecule has 0 aliphatic carbocycles. The van der Waals surface area contributed by atoms with E-state index in [9.17, 15) is 29.1 Å². The molecule has 4 amide bonds. The normalized spacial score (nSPS) is 12.9. The van der Waals surface area contributed by atoms with E-state index in [-0.39, 0.29) is 24.3 Å². The second-order valence-electron chi connectivity index (χ2n) is 8.36. The van der Waals surface area contributed by atoms with Crippen molar-refractivity contribution in [1.82, 2.24) is 21.3 Å². The van der Waals surface area contributed by atoms with Crippen molar-refractivity contribution in [1.29, 1.82) is 0 Å². The van der Waals surface area contributed by atoms with E-state index in [1.54, 1.807) is 42.5 Å². The maximum Gasteiger partial charge on any atom is 0.322 e. The number of aliphatic carboxylic acids is 1. The summed E-state index contributed by atoms with van der Waals surface area (Å²) in [4.78, 5) is 60.8. The van der Waals surface area contributed by atoms with E-state index in [1.165, 1.54) is 12.1 Å². The van der Waals surface area contributed by atoms with Crippen molar-refractivity contribution in [3.63, 3.8) is 0 Å². The summed E-state index contributed by atoms with van der Waals surface area (Å²) in [7, 11) is 0. The number of hydrogen-bond donors (Lipinski definition) is 8. The fourth-order valence-corrected chi connectivity index (χ4v) is 3.57. The third-order valence-corrected chi connectivity index (χ3v) is 5.69. The SMILES string of the molecule is N[C@@H](Cc1ccc(O)cc1)C(=O)N[C@@H](CS)C(=O)N[C@@H](Cc1ccccc1)C(=O)NCC(=O)NCC(=O)O. The smallest absolute Gasteiger partial charge is 0.322 e. The van der Waals surface area contributed by atoms with Crippen LogP contribution in [0.2, 0.25) is 0 Å². The first-order chi connectivity index (χ1) is 18.1. The van der Waals surface area contributed by atoms with Crippen LogP contribution in [0.25, 0.3) is 0 Å². The van der Waals surface area contributed by atoms with Crippen LogP contribution in [0.15, 0.2) is 54.6 Å². The molecule has 204 valence electrons. The standard InChI is InChI=1S/C25H31N5O7S/c26-18(10-16-6-8-17(31)9-7-16)23(35)30-20(14-38)25(37)29-19(11-15-4-2-1-3-5-15)24(36)28-12-21(32)27-13-22(33)34/h1-9,18-20,31,38H,10-14,26H2,(H,27,32)(H,28,36)(H,29,37)(H,30,35)(H,33,34)/t18-,19-,20-/m0/s1. The Hall–Kier alpha value is -4.10. The zero-order valence-electron chi connectivity index (χ0n) is 20.4. The highest BCUT2D eigenvalue weighted by atomic mass is 32.1. The summed E-state index contributed by atoms with van der Waals surface area (Å²) >= 11 is 4.14. The van der Waals surface area contributed by atoms with E-state index in [2.05, 4.69) is 33.9 Å². The molecule has 3 atom stereocenters. The molecule has 0 aromatic heterocycles. The number of carbonyl (C=O) groups excluding carboxylic acids is 4. The average Bonchev–Trinajstić information content (AvgIpc) is 2.90. The molecule has 2 rings (SSSR count). The molecule has 0 radical (unpaired) electrons. The number of carboxylic acids is 1. The van der Waals surface area contributed by atoms with Crippen molar-refractivity contribution >= 4 is 42.2 Å². The highest BCUT2D eigenvalue weighted by molar-refractivity contribution is 7.80. The number of carbonyl (C=O) groups is 5. The molecule has 12 nitrogen and oxygen atoms in total. The summed E-state index contributed by atoms with van der Waals surface area (Å²) in [6.45, 7) is -1.09. The first-order valence-electron chi connectivity index (χ1n) is 11.6. The summed E-state index contributed by atoms with van der Waals surface area (Å²) < 4.78 is 0. The van der Waals surface area contributed by atoms with E-state index in [0.717, 1.165) is 5.56 Å². The second-order valence-corrected chi connectivity index (χ2v) is 8.73. The number of thiol groups is 1. The number of amides is 4. The fourth-order valence-electron chi connectivity index (χ4n) is 3.31. The van der Waals surface area contributed by atoms with Crippen LogP contribution in [-0.2, 0) is 36.8 Å². The van der Waals surface area contributed by atoms with Crippen LogP contribution >= 0.6 is 12.6 Å². The molecule has 2 aromatic carbocycles. The van der Waals surface area contributed by atoms with Gasteiger partial charge in [0.15, 0.2) is 0 Å². The Labute approximate surface area is 224 Å². The van der Waals surface area contributed by atoms with Crippen molar-refractivity contribution < 1.29 is 34.2 Å². The second kappa shape index (κ2) is 15.2. The van der Waals surface area contributed by atoms with Gasteiger partial charge in [-0.15, -0.1) is 0 Å². The van der Waals surface area contributed by atoms with Gasteiger partial charge in [-0.05, 0) is 29.7 Å². The monoisotopic (exact) mass is 545 g/mol. The average molecular weight is 546 g/mol. The van der Waals surface area contributed by atoms with E-state index < -0.39 is 60.8 Å². The lowest BCUT2D eigenvalue weighted by atomic mass is 10.0. The molecule has 0 unspecified atom stereocenters. The molecule has 0 aliphatic rings. The molecule has 0 aliphatic heterocycles. The summed E-state index contributed by atoms with van der Waals surface area (Å²) in [5.74, 6) is -3.92. The number of phenols is 1. The first kappa shape index (κ1) is 30.1. The first-order valence-corrected chi connectivity index (χ1v) is 12.3. The summed E-state index contributed by atoms with van der Waals surface area (Å²) in [6, 6.07) is 11.8. The largest absolute Gasteiger partial charge is 0.508 e. The molecule has 0 fully saturated rings. The van der Waals surface area contributed by atoms with Crippen molar-refractivity contribution in [2.45, 2.75) is 31.0 Å². The van der Waals surface area contributed by atoms with Gasteiger partial charge in [0.05, 0.1) is 12.6 Å². The molecule has 0 spiro atoms. The maximum atomic E-state index is 13.0. The van der Waals surface area contributed by atoms with Gasteiger partial charge >= 0.3 is 5.97 Å².